The second kappa shape index (κ2) is 9.15. The minimum absolute atomic E-state index is 0.0129. The first-order valence-electron chi connectivity index (χ1n) is 14.4. The van der Waals surface area contributed by atoms with Crippen LogP contribution in [0.25, 0.3) is 0 Å². The molecule has 4 aliphatic carbocycles. The number of rotatable bonds is 5. The summed E-state index contributed by atoms with van der Waals surface area (Å²) in [7, 11) is 2.26. The highest BCUT2D eigenvalue weighted by molar-refractivity contribution is 5.09. The molecule has 1 aliphatic heterocycles. The van der Waals surface area contributed by atoms with Crippen molar-refractivity contribution in [2.75, 3.05) is 39.8 Å². The van der Waals surface area contributed by atoms with Crippen LogP contribution in [0.1, 0.15) is 91.4 Å². The summed E-state index contributed by atoms with van der Waals surface area (Å²) < 4.78 is 0. The first-order valence-corrected chi connectivity index (χ1v) is 14.4. The molecule has 0 unspecified atom stereocenters. The molecule has 1 heterocycles. The SMILES string of the molecule is C[C@H](CCCN1CCN(C)CC1)[C@H]1CC[C@H]2[C@@H]3CC[C@@H]4C[C@H](O)CC[C@]4(C)[C@H]3CC[C@]12C. The smallest absolute Gasteiger partial charge is 0.0543 e. The molecule has 0 aromatic heterocycles. The molecule has 9 atom stereocenters. The van der Waals surface area contributed by atoms with E-state index in [4.69, 9.17) is 0 Å². The standard InChI is InChI=1S/C29H52N2O/c1-21(6-5-15-31-18-16-30(4)17-19-31)25-9-10-26-24-8-7-22-20-23(32)11-13-28(22,2)27(24)12-14-29(25,26)3/h21-27,32H,5-20H2,1-4H3/t21-,22-,23-,24+,25-,26+,27+,28+,29-/m1/s1. The van der Waals surface area contributed by atoms with E-state index < -0.39 is 0 Å². The van der Waals surface area contributed by atoms with Gasteiger partial charge in [0.2, 0.25) is 0 Å². The minimum atomic E-state index is -0.0129. The Morgan fingerprint density at radius 1 is 0.875 bits per heavy atom. The lowest BCUT2D eigenvalue weighted by molar-refractivity contribution is -0.129. The van der Waals surface area contributed by atoms with Gasteiger partial charge in [0, 0.05) is 26.2 Å². The van der Waals surface area contributed by atoms with Gasteiger partial charge in [-0.15, -0.1) is 0 Å². The summed E-state index contributed by atoms with van der Waals surface area (Å²) in [6, 6.07) is 0. The molecule has 1 saturated heterocycles. The van der Waals surface area contributed by atoms with E-state index in [1.54, 1.807) is 0 Å². The predicted molar refractivity (Wildman–Crippen MR) is 134 cm³/mol. The van der Waals surface area contributed by atoms with Crippen LogP contribution in [0.3, 0.4) is 0 Å². The second-order valence-electron chi connectivity index (χ2n) is 13.6. The number of hydrogen-bond donors (Lipinski definition) is 1. The number of fused-ring (bicyclic) bond motifs is 5. The Bertz CT molecular complexity index is 645. The highest BCUT2D eigenvalue weighted by Crippen LogP contribution is 2.68. The van der Waals surface area contributed by atoms with Crippen molar-refractivity contribution in [3.63, 3.8) is 0 Å². The Morgan fingerprint density at radius 3 is 2.38 bits per heavy atom. The van der Waals surface area contributed by atoms with Crippen molar-refractivity contribution in [3.05, 3.63) is 0 Å². The van der Waals surface area contributed by atoms with Gasteiger partial charge in [0.15, 0.2) is 0 Å². The van der Waals surface area contributed by atoms with Crippen LogP contribution >= 0.6 is 0 Å². The normalized spacial score (nSPS) is 48.7. The Hall–Kier alpha value is -0.120. The third kappa shape index (κ3) is 4.11. The van der Waals surface area contributed by atoms with E-state index in [2.05, 4.69) is 37.6 Å². The number of piperazine rings is 1. The number of aliphatic hydroxyl groups is 1. The van der Waals surface area contributed by atoms with Gasteiger partial charge >= 0.3 is 0 Å². The van der Waals surface area contributed by atoms with E-state index in [1.807, 2.05) is 0 Å². The summed E-state index contributed by atoms with van der Waals surface area (Å²) in [5.41, 5.74) is 1.13. The van der Waals surface area contributed by atoms with Gasteiger partial charge in [-0.05, 0) is 131 Å². The molecular formula is C29H52N2O. The fourth-order valence-electron chi connectivity index (χ4n) is 10.1. The molecule has 1 N–H and O–H groups in total. The first kappa shape index (κ1) is 23.6. The van der Waals surface area contributed by atoms with Crippen molar-refractivity contribution in [1.82, 2.24) is 9.80 Å². The molecule has 184 valence electrons. The maximum atomic E-state index is 10.3. The summed E-state index contributed by atoms with van der Waals surface area (Å²) in [5.74, 6) is 5.55. The lowest BCUT2D eigenvalue weighted by atomic mass is 9.44. The lowest BCUT2D eigenvalue weighted by Gasteiger charge is -2.61. The summed E-state index contributed by atoms with van der Waals surface area (Å²) in [4.78, 5) is 5.18. The van der Waals surface area contributed by atoms with Crippen LogP contribution < -0.4 is 0 Å². The molecule has 3 heteroatoms. The van der Waals surface area contributed by atoms with Crippen molar-refractivity contribution in [3.8, 4) is 0 Å². The summed E-state index contributed by atoms with van der Waals surface area (Å²) in [6.45, 7) is 14.3. The highest BCUT2D eigenvalue weighted by atomic mass is 16.3. The zero-order chi connectivity index (χ0) is 22.5. The summed E-state index contributed by atoms with van der Waals surface area (Å²) >= 11 is 0. The average Bonchev–Trinajstić information content (AvgIpc) is 3.13. The fraction of sp³-hybridized carbons (Fsp3) is 1.00. The number of likely N-dealkylation sites (N-methyl/N-ethyl adjacent to an activating group) is 1. The molecular weight excluding hydrogens is 392 g/mol. The molecule has 0 amide bonds. The average molecular weight is 445 g/mol. The molecule has 0 radical (unpaired) electrons. The van der Waals surface area contributed by atoms with Crippen molar-refractivity contribution in [2.24, 2.45) is 46.3 Å². The quantitative estimate of drug-likeness (QED) is 0.592. The van der Waals surface area contributed by atoms with Gasteiger partial charge in [0.1, 0.15) is 0 Å². The highest BCUT2D eigenvalue weighted by Gasteiger charge is 2.60. The van der Waals surface area contributed by atoms with Gasteiger partial charge in [-0.1, -0.05) is 20.8 Å². The lowest BCUT2D eigenvalue weighted by Crippen LogP contribution is -2.54. The molecule has 0 aromatic carbocycles. The van der Waals surface area contributed by atoms with Crippen molar-refractivity contribution in [2.45, 2.75) is 97.5 Å². The minimum Gasteiger partial charge on any atom is -0.393 e. The zero-order valence-corrected chi connectivity index (χ0v) is 21.7. The predicted octanol–water partition coefficient (Wildman–Crippen LogP) is 5.67. The molecule has 32 heavy (non-hydrogen) atoms. The van der Waals surface area contributed by atoms with E-state index in [9.17, 15) is 5.11 Å². The fourth-order valence-corrected chi connectivity index (χ4v) is 10.1. The molecule has 4 saturated carbocycles. The van der Waals surface area contributed by atoms with Gasteiger partial charge in [-0.3, -0.25) is 0 Å². The van der Waals surface area contributed by atoms with Gasteiger partial charge in [0.05, 0.1) is 6.10 Å². The van der Waals surface area contributed by atoms with Gasteiger partial charge in [0.25, 0.3) is 0 Å². The van der Waals surface area contributed by atoms with E-state index in [0.29, 0.717) is 10.8 Å². The van der Waals surface area contributed by atoms with E-state index in [1.165, 1.54) is 90.5 Å². The topological polar surface area (TPSA) is 26.7 Å². The molecule has 5 fully saturated rings. The largest absolute Gasteiger partial charge is 0.393 e. The van der Waals surface area contributed by atoms with E-state index >= 15 is 0 Å². The number of nitrogens with zero attached hydrogens (tertiary/aromatic N) is 2. The van der Waals surface area contributed by atoms with Crippen LogP contribution in [0.5, 0.6) is 0 Å². The molecule has 5 rings (SSSR count). The molecule has 0 aromatic rings. The molecule has 0 spiro atoms. The number of hydrogen-bond acceptors (Lipinski definition) is 3. The Balaban J connectivity index is 1.19. The van der Waals surface area contributed by atoms with Crippen molar-refractivity contribution < 1.29 is 5.11 Å². The van der Waals surface area contributed by atoms with Crippen molar-refractivity contribution >= 4 is 0 Å². The maximum Gasteiger partial charge on any atom is 0.0543 e. The Morgan fingerprint density at radius 2 is 1.59 bits per heavy atom. The maximum absolute atomic E-state index is 10.3. The molecule has 3 nitrogen and oxygen atoms in total. The van der Waals surface area contributed by atoms with Crippen LogP contribution in [-0.4, -0.2) is 60.8 Å². The van der Waals surface area contributed by atoms with E-state index in [0.717, 1.165) is 48.3 Å². The third-order valence-electron chi connectivity index (χ3n) is 12.1. The van der Waals surface area contributed by atoms with Crippen LogP contribution in [0.15, 0.2) is 0 Å². The number of aliphatic hydroxyl groups excluding tert-OH is 1. The van der Waals surface area contributed by atoms with Crippen LogP contribution in [0, 0.1) is 46.3 Å². The first-order chi connectivity index (χ1) is 15.3. The molecule has 5 aliphatic rings. The summed E-state index contributed by atoms with van der Waals surface area (Å²) in [6.07, 6.45) is 15.1. The van der Waals surface area contributed by atoms with Gasteiger partial charge in [-0.25, -0.2) is 0 Å². The third-order valence-corrected chi connectivity index (χ3v) is 12.1. The van der Waals surface area contributed by atoms with Crippen LogP contribution in [-0.2, 0) is 0 Å². The van der Waals surface area contributed by atoms with Crippen molar-refractivity contribution in [1.29, 1.82) is 0 Å². The van der Waals surface area contributed by atoms with Crippen LogP contribution in [0.4, 0.5) is 0 Å². The monoisotopic (exact) mass is 444 g/mol. The van der Waals surface area contributed by atoms with E-state index in [-0.39, 0.29) is 6.10 Å². The Labute approximate surface area is 198 Å². The molecule has 0 bridgehead atoms. The summed E-state index contributed by atoms with van der Waals surface area (Å²) in [5, 5.41) is 10.3. The van der Waals surface area contributed by atoms with Gasteiger partial charge < -0.3 is 14.9 Å². The zero-order valence-electron chi connectivity index (χ0n) is 21.7. The van der Waals surface area contributed by atoms with Gasteiger partial charge in [-0.2, -0.15) is 0 Å². The Kier molecular flexibility index (Phi) is 6.76. The van der Waals surface area contributed by atoms with Crippen LogP contribution in [0.2, 0.25) is 0 Å². The second-order valence-corrected chi connectivity index (χ2v) is 13.6.